The van der Waals surface area contributed by atoms with E-state index in [-0.39, 0.29) is 0 Å². The summed E-state index contributed by atoms with van der Waals surface area (Å²) in [6.07, 6.45) is 2.27. The molecule has 0 amide bonds. The maximum absolute atomic E-state index is 12.1. The third-order valence-corrected chi connectivity index (χ3v) is 4.16. The molecule has 0 radical (unpaired) electrons. The van der Waals surface area contributed by atoms with Crippen molar-refractivity contribution in [3.63, 3.8) is 0 Å². The van der Waals surface area contributed by atoms with Crippen LogP contribution in [0.15, 0.2) is 48.5 Å². The summed E-state index contributed by atoms with van der Waals surface area (Å²) in [7, 11) is 0. The predicted octanol–water partition coefficient (Wildman–Crippen LogP) is 6.35. The van der Waals surface area contributed by atoms with Crippen molar-refractivity contribution in [3.05, 3.63) is 53.6 Å². The van der Waals surface area contributed by atoms with E-state index < -0.39 is 6.16 Å². The molecule has 3 aromatic carbocycles. The Hall–Kier alpha value is -2.26. The highest BCUT2D eigenvalue weighted by atomic mass is 35.5. The van der Waals surface area contributed by atoms with Gasteiger partial charge in [0.05, 0.1) is 6.61 Å². The molecule has 0 aliphatic heterocycles. The van der Waals surface area contributed by atoms with Crippen LogP contribution in [0.3, 0.4) is 0 Å². The number of benzene rings is 3. The highest BCUT2D eigenvalue weighted by Crippen LogP contribution is 2.36. The second-order valence-electron chi connectivity index (χ2n) is 5.70. The van der Waals surface area contributed by atoms with E-state index in [0.717, 1.165) is 40.8 Å². The van der Waals surface area contributed by atoms with Crippen molar-refractivity contribution < 1.29 is 14.3 Å². The van der Waals surface area contributed by atoms with Gasteiger partial charge >= 0.3 is 6.16 Å². The zero-order valence-electron chi connectivity index (χ0n) is 13.5. The van der Waals surface area contributed by atoms with E-state index in [1.807, 2.05) is 42.5 Å². The molecule has 0 saturated heterocycles. The van der Waals surface area contributed by atoms with E-state index in [2.05, 4.69) is 13.0 Å². The highest BCUT2D eigenvalue weighted by Gasteiger charge is 2.14. The Morgan fingerprint density at radius 1 is 1.00 bits per heavy atom. The molecular formula is C20H19ClO3. The Kier molecular flexibility index (Phi) is 5.21. The third-order valence-electron chi connectivity index (χ3n) is 3.93. The average Bonchev–Trinajstić information content (AvgIpc) is 2.59. The minimum absolute atomic E-state index is 0.371. The fourth-order valence-corrected chi connectivity index (χ4v) is 2.90. The van der Waals surface area contributed by atoms with Crippen LogP contribution in [0.5, 0.6) is 5.75 Å². The van der Waals surface area contributed by atoms with Crippen molar-refractivity contribution in [2.24, 2.45) is 0 Å². The molecule has 0 unspecified atom stereocenters. The fraction of sp³-hybridized carbons (Fsp3) is 0.250. The van der Waals surface area contributed by atoms with Crippen molar-refractivity contribution in [1.29, 1.82) is 0 Å². The van der Waals surface area contributed by atoms with Crippen LogP contribution in [-0.2, 0) is 4.74 Å². The minimum atomic E-state index is -0.677. The summed E-state index contributed by atoms with van der Waals surface area (Å²) in [5.74, 6) is 0.492. The summed E-state index contributed by atoms with van der Waals surface area (Å²) >= 11 is 6.13. The van der Waals surface area contributed by atoms with Gasteiger partial charge in [0, 0.05) is 15.8 Å². The van der Waals surface area contributed by atoms with Gasteiger partial charge < -0.3 is 9.47 Å². The maximum Gasteiger partial charge on any atom is 0.513 e. The lowest BCUT2D eigenvalue weighted by molar-refractivity contribution is 0.0984. The van der Waals surface area contributed by atoms with Gasteiger partial charge in [-0.2, -0.15) is 0 Å². The van der Waals surface area contributed by atoms with E-state index in [1.165, 1.54) is 0 Å². The lowest BCUT2D eigenvalue weighted by atomic mass is 10.0. The standard InChI is InChI=1S/C20H19ClO3/c1-2-3-6-11-23-20(22)24-19-17-8-5-4-7-14(17)12-15-9-10-16(21)13-18(15)19/h4-5,7-10,12-13H,2-3,6,11H2,1H3. The molecule has 3 rings (SSSR count). The van der Waals surface area contributed by atoms with Crippen LogP contribution >= 0.6 is 11.6 Å². The first-order valence-corrected chi connectivity index (χ1v) is 8.52. The number of hydrogen-bond acceptors (Lipinski definition) is 3. The number of carbonyl (C=O) groups excluding carboxylic acids is 1. The van der Waals surface area contributed by atoms with Gasteiger partial charge in [0.15, 0.2) is 0 Å². The molecule has 3 nitrogen and oxygen atoms in total. The zero-order valence-corrected chi connectivity index (χ0v) is 14.3. The molecule has 24 heavy (non-hydrogen) atoms. The second kappa shape index (κ2) is 7.54. The van der Waals surface area contributed by atoms with E-state index in [1.54, 1.807) is 0 Å². The van der Waals surface area contributed by atoms with E-state index in [4.69, 9.17) is 21.1 Å². The van der Waals surface area contributed by atoms with Gasteiger partial charge in [0.2, 0.25) is 0 Å². The van der Waals surface area contributed by atoms with Gasteiger partial charge in [-0.15, -0.1) is 0 Å². The zero-order chi connectivity index (χ0) is 16.9. The predicted molar refractivity (Wildman–Crippen MR) is 98.0 cm³/mol. The Morgan fingerprint density at radius 3 is 2.62 bits per heavy atom. The number of unbranched alkanes of at least 4 members (excludes halogenated alkanes) is 2. The highest BCUT2D eigenvalue weighted by molar-refractivity contribution is 6.31. The molecule has 124 valence electrons. The Bertz CT molecular complexity index is 873. The molecule has 4 heteroatoms. The molecule has 0 spiro atoms. The molecule has 0 aliphatic carbocycles. The normalized spacial score (nSPS) is 10.9. The quantitative estimate of drug-likeness (QED) is 0.234. The van der Waals surface area contributed by atoms with Gasteiger partial charge in [0.1, 0.15) is 5.75 Å². The Balaban J connectivity index is 1.97. The van der Waals surface area contributed by atoms with Crippen LogP contribution in [-0.4, -0.2) is 12.8 Å². The summed E-state index contributed by atoms with van der Waals surface area (Å²) in [6.45, 7) is 2.47. The van der Waals surface area contributed by atoms with Crippen molar-refractivity contribution in [3.8, 4) is 5.75 Å². The molecule has 0 fully saturated rings. The Morgan fingerprint density at radius 2 is 1.79 bits per heavy atom. The van der Waals surface area contributed by atoms with Crippen LogP contribution in [0.2, 0.25) is 5.02 Å². The number of ether oxygens (including phenoxy) is 2. The summed E-state index contributed by atoms with van der Waals surface area (Å²) < 4.78 is 10.7. The summed E-state index contributed by atoms with van der Waals surface area (Å²) in [4.78, 5) is 12.1. The van der Waals surface area contributed by atoms with Gasteiger partial charge in [-0.1, -0.05) is 61.7 Å². The number of hydrogen-bond donors (Lipinski definition) is 0. The SMILES string of the molecule is CCCCCOC(=O)Oc1c2ccccc2cc2ccc(Cl)cc12. The fourth-order valence-electron chi connectivity index (χ4n) is 2.72. The summed E-state index contributed by atoms with van der Waals surface area (Å²) in [5.41, 5.74) is 0. The van der Waals surface area contributed by atoms with Gasteiger partial charge in [-0.3, -0.25) is 0 Å². The van der Waals surface area contributed by atoms with Crippen LogP contribution in [0, 0.1) is 0 Å². The first-order chi connectivity index (χ1) is 11.7. The van der Waals surface area contributed by atoms with Crippen molar-refractivity contribution in [2.45, 2.75) is 26.2 Å². The molecule has 0 N–H and O–H groups in total. The largest absolute Gasteiger partial charge is 0.513 e. The van der Waals surface area contributed by atoms with E-state index >= 15 is 0 Å². The average molecular weight is 343 g/mol. The first-order valence-electron chi connectivity index (χ1n) is 8.14. The van der Waals surface area contributed by atoms with E-state index in [9.17, 15) is 4.79 Å². The van der Waals surface area contributed by atoms with Crippen molar-refractivity contribution in [2.75, 3.05) is 6.61 Å². The monoisotopic (exact) mass is 342 g/mol. The van der Waals surface area contributed by atoms with Crippen LogP contribution in [0.25, 0.3) is 21.5 Å². The van der Waals surface area contributed by atoms with Crippen LogP contribution < -0.4 is 4.74 Å². The topological polar surface area (TPSA) is 35.5 Å². The molecular weight excluding hydrogens is 324 g/mol. The summed E-state index contributed by atoms with van der Waals surface area (Å²) in [5, 5.41) is 4.22. The molecule has 0 aromatic heterocycles. The molecule has 0 atom stereocenters. The smallest absolute Gasteiger partial charge is 0.434 e. The third kappa shape index (κ3) is 3.62. The van der Waals surface area contributed by atoms with Crippen LogP contribution in [0.4, 0.5) is 4.79 Å². The molecule has 0 saturated carbocycles. The maximum atomic E-state index is 12.1. The van der Waals surface area contributed by atoms with Gasteiger partial charge in [-0.05, 0) is 35.4 Å². The lowest BCUT2D eigenvalue weighted by Gasteiger charge is -2.12. The number of carbonyl (C=O) groups is 1. The van der Waals surface area contributed by atoms with Gasteiger partial charge in [0.25, 0.3) is 0 Å². The number of fused-ring (bicyclic) bond motifs is 2. The first kappa shape index (κ1) is 16.6. The molecule has 3 aromatic rings. The minimum Gasteiger partial charge on any atom is -0.434 e. The van der Waals surface area contributed by atoms with Crippen LogP contribution in [0.1, 0.15) is 26.2 Å². The number of rotatable bonds is 5. The van der Waals surface area contributed by atoms with Crippen molar-refractivity contribution in [1.82, 2.24) is 0 Å². The number of halogens is 1. The second-order valence-corrected chi connectivity index (χ2v) is 6.14. The molecule has 0 heterocycles. The van der Waals surface area contributed by atoms with E-state index in [0.29, 0.717) is 17.4 Å². The molecule has 0 bridgehead atoms. The molecule has 0 aliphatic rings. The summed E-state index contributed by atoms with van der Waals surface area (Å²) in [6, 6.07) is 15.4. The Labute approximate surface area is 146 Å². The van der Waals surface area contributed by atoms with Crippen molar-refractivity contribution >= 4 is 39.3 Å². The van der Waals surface area contributed by atoms with Gasteiger partial charge in [-0.25, -0.2) is 4.79 Å². The lowest BCUT2D eigenvalue weighted by Crippen LogP contribution is -2.12.